The van der Waals surface area contributed by atoms with Crippen LogP contribution in [0.2, 0.25) is 0 Å². The van der Waals surface area contributed by atoms with E-state index in [1.54, 1.807) is 18.2 Å². The molecule has 2 heterocycles. The van der Waals surface area contributed by atoms with Crippen molar-refractivity contribution in [3.05, 3.63) is 34.4 Å². The summed E-state index contributed by atoms with van der Waals surface area (Å²) >= 11 is 1.96. The fourth-order valence-electron chi connectivity index (χ4n) is 3.18. The van der Waals surface area contributed by atoms with Crippen LogP contribution in [0.4, 0.5) is 11.4 Å². The molecule has 0 aliphatic carbocycles. The number of nitro groups is 1. The zero-order valence-corrected chi connectivity index (χ0v) is 13.3. The topological polar surface area (TPSA) is 67.6 Å². The Kier molecular flexibility index (Phi) is 4.85. The normalized spacial score (nSPS) is 26.0. The minimum absolute atomic E-state index is 0.0815. The van der Waals surface area contributed by atoms with E-state index < -0.39 is 0 Å². The predicted molar refractivity (Wildman–Crippen MR) is 88.7 cm³/mol. The van der Waals surface area contributed by atoms with Crippen molar-refractivity contribution in [1.29, 1.82) is 0 Å². The maximum Gasteiger partial charge on any atom is 0.292 e. The van der Waals surface area contributed by atoms with Crippen molar-refractivity contribution in [3.8, 4) is 0 Å². The third-order valence-electron chi connectivity index (χ3n) is 4.47. The quantitative estimate of drug-likeness (QED) is 0.662. The summed E-state index contributed by atoms with van der Waals surface area (Å²) in [7, 11) is 0. The Labute approximate surface area is 134 Å². The maximum atomic E-state index is 11.1. The van der Waals surface area contributed by atoms with Gasteiger partial charge in [0.1, 0.15) is 5.69 Å². The average Bonchev–Trinajstić information content (AvgIpc) is 3.04. The molecule has 2 aliphatic heterocycles. The minimum atomic E-state index is -0.326. The molecule has 3 rings (SSSR count). The van der Waals surface area contributed by atoms with Crippen molar-refractivity contribution in [3.63, 3.8) is 0 Å². The van der Waals surface area contributed by atoms with E-state index in [1.807, 2.05) is 17.8 Å². The van der Waals surface area contributed by atoms with Crippen LogP contribution in [0.5, 0.6) is 0 Å². The second kappa shape index (κ2) is 6.85. The number of nitro benzene ring substituents is 1. The number of rotatable bonds is 5. The molecule has 0 spiro atoms. The molecule has 0 aromatic heterocycles. The summed E-state index contributed by atoms with van der Waals surface area (Å²) < 4.78 is 5.46. The van der Waals surface area contributed by atoms with Crippen LogP contribution < -0.4 is 5.32 Å². The van der Waals surface area contributed by atoms with Crippen LogP contribution in [0.3, 0.4) is 0 Å². The Balaban J connectivity index is 1.73. The van der Waals surface area contributed by atoms with Gasteiger partial charge in [0.25, 0.3) is 5.69 Å². The molecule has 0 saturated carbocycles. The summed E-state index contributed by atoms with van der Waals surface area (Å²) in [6, 6.07) is 6.87. The Bertz CT molecular complexity index is 529. The lowest BCUT2D eigenvalue weighted by Gasteiger charge is -2.43. The lowest BCUT2D eigenvalue weighted by molar-refractivity contribution is -0.384. The van der Waals surface area contributed by atoms with Crippen molar-refractivity contribution in [2.45, 2.75) is 12.0 Å². The fourth-order valence-corrected chi connectivity index (χ4v) is 4.65. The van der Waals surface area contributed by atoms with Crippen molar-refractivity contribution in [2.24, 2.45) is 0 Å². The van der Waals surface area contributed by atoms with Gasteiger partial charge in [-0.25, -0.2) is 0 Å². The fraction of sp³-hybridized carbons (Fsp3) is 0.600. The summed E-state index contributed by atoms with van der Waals surface area (Å²) in [6.45, 7) is 4.18. The van der Waals surface area contributed by atoms with Gasteiger partial charge in [0, 0.05) is 37.0 Å². The second-order valence-corrected chi connectivity index (χ2v) is 6.86. The van der Waals surface area contributed by atoms with Gasteiger partial charge in [0.15, 0.2) is 0 Å². The lowest BCUT2D eigenvalue weighted by atomic mass is 9.95. The Morgan fingerprint density at radius 3 is 2.82 bits per heavy atom. The van der Waals surface area contributed by atoms with Gasteiger partial charge in [0.2, 0.25) is 0 Å². The monoisotopic (exact) mass is 323 g/mol. The first-order chi connectivity index (χ1) is 10.7. The van der Waals surface area contributed by atoms with Crippen molar-refractivity contribution < 1.29 is 9.66 Å². The molecule has 2 aliphatic rings. The van der Waals surface area contributed by atoms with E-state index in [0.717, 1.165) is 50.8 Å². The second-order valence-electron chi connectivity index (χ2n) is 5.75. The van der Waals surface area contributed by atoms with Crippen LogP contribution in [-0.2, 0) is 4.74 Å². The van der Waals surface area contributed by atoms with Gasteiger partial charge >= 0.3 is 0 Å². The molecule has 0 bridgehead atoms. The van der Waals surface area contributed by atoms with Crippen LogP contribution in [0.15, 0.2) is 24.3 Å². The van der Waals surface area contributed by atoms with E-state index in [1.165, 1.54) is 0 Å². The number of hydrogen-bond acceptors (Lipinski definition) is 6. The highest BCUT2D eigenvalue weighted by Gasteiger charge is 2.40. The van der Waals surface area contributed by atoms with Crippen LogP contribution >= 0.6 is 11.8 Å². The minimum Gasteiger partial charge on any atom is -0.379 e. The highest BCUT2D eigenvalue weighted by molar-refractivity contribution is 7.99. The molecule has 1 atom stereocenters. The molecule has 1 unspecified atom stereocenters. The van der Waals surface area contributed by atoms with Crippen molar-refractivity contribution >= 4 is 23.1 Å². The highest BCUT2D eigenvalue weighted by Crippen LogP contribution is 2.35. The predicted octanol–water partition coefficient (Wildman–Crippen LogP) is 2.21. The van der Waals surface area contributed by atoms with Crippen LogP contribution in [-0.4, -0.2) is 59.7 Å². The first-order valence-corrected chi connectivity index (χ1v) is 8.75. The first kappa shape index (κ1) is 15.6. The van der Waals surface area contributed by atoms with Gasteiger partial charge in [-0.3, -0.25) is 15.0 Å². The SMILES string of the molecule is O=[N+]([O-])c1ccccc1NCC1(N2CCOCC2)CCSC1. The van der Waals surface area contributed by atoms with Gasteiger partial charge in [-0.2, -0.15) is 11.8 Å². The molecule has 1 N–H and O–H groups in total. The zero-order chi connectivity index (χ0) is 15.4. The number of morpholine rings is 1. The van der Waals surface area contributed by atoms with Gasteiger partial charge < -0.3 is 10.1 Å². The molecule has 1 aromatic carbocycles. The van der Waals surface area contributed by atoms with Crippen LogP contribution in [0, 0.1) is 10.1 Å². The van der Waals surface area contributed by atoms with Crippen molar-refractivity contribution in [2.75, 3.05) is 49.7 Å². The number of hydrogen-bond donors (Lipinski definition) is 1. The number of nitrogens with one attached hydrogen (secondary N) is 1. The van der Waals surface area contributed by atoms with E-state index in [0.29, 0.717) is 5.69 Å². The van der Waals surface area contributed by atoms with Crippen molar-refractivity contribution in [1.82, 2.24) is 4.90 Å². The van der Waals surface area contributed by atoms with E-state index in [9.17, 15) is 10.1 Å². The standard InChI is InChI=1S/C15H21N3O3S/c19-18(20)14-4-2-1-3-13(14)16-11-15(5-10-22-12-15)17-6-8-21-9-7-17/h1-4,16H,5-12H2. The molecule has 7 heteroatoms. The van der Waals surface area contributed by atoms with Gasteiger partial charge in [-0.1, -0.05) is 12.1 Å². The summed E-state index contributed by atoms with van der Waals surface area (Å²) in [6.07, 6.45) is 1.12. The van der Waals surface area contributed by atoms with E-state index in [-0.39, 0.29) is 16.1 Å². The van der Waals surface area contributed by atoms with Gasteiger partial charge in [-0.05, 0) is 18.2 Å². The average molecular weight is 323 g/mol. The number of benzene rings is 1. The zero-order valence-electron chi connectivity index (χ0n) is 12.5. The van der Waals surface area contributed by atoms with Crippen LogP contribution in [0.25, 0.3) is 0 Å². The van der Waals surface area contributed by atoms with E-state index >= 15 is 0 Å². The number of para-hydroxylation sites is 2. The third-order valence-corrected chi connectivity index (χ3v) is 5.71. The molecule has 22 heavy (non-hydrogen) atoms. The number of nitrogens with zero attached hydrogens (tertiary/aromatic N) is 2. The number of anilines is 1. The third kappa shape index (κ3) is 3.21. The Hall–Kier alpha value is -1.31. The molecule has 6 nitrogen and oxygen atoms in total. The van der Waals surface area contributed by atoms with Gasteiger partial charge in [0.05, 0.1) is 18.1 Å². The molecular weight excluding hydrogens is 302 g/mol. The molecular formula is C15H21N3O3S. The Morgan fingerprint density at radius 2 is 2.14 bits per heavy atom. The molecule has 120 valence electrons. The smallest absolute Gasteiger partial charge is 0.292 e. The number of thioether (sulfide) groups is 1. The molecule has 0 radical (unpaired) electrons. The molecule has 2 saturated heterocycles. The van der Waals surface area contributed by atoms with E-state index in [2.05, 4.69) is 10.2 Å². The highest BCUT2D eigenvalue weighted by atomic mass is 32.2. The van der Waals surface area contributed by atoms with Crippen LogP contribution in [0.1, 0.15) is 6.42 Å². The molecule has 0 amide bonds. The Morgan fingerprint density at radius 1 is 1.36 bits per heavy atom. The number of ether oxygens (including phenoxy) is 1. The molecule has 2 fully saturated rings. The van der Waals surface area contributed by atoms with E-state index in [4.69, 9.17) is 4.74 Å². The van der Waals surface area contributed by atoms with Gasteiger partial charge in [-0.15, -0.1) is 0 Å². The summed E-state index contributed by atoms with van der Waals surface area (Å²) in [4.78, 5) is 13.3. The largest absolute Gasteiger partial charge is 0.379 e. The summed E-state index contributed by atoms with van der Waals surface area (Å²) in [5, 5.41) is 14.5. The first-order valence-electron chi connectivity index (χ1n) is 7.59. The molecule has 1 aromatic rings. The lowest BCUT2D eigenvalue weighted by Crippen LogP contribution is -2.57. The maximum absolute atomic E-state index is 11.1. The summed E-state index contributed by atoms with van der Waals surface area (Å²) in [5.41, 5.74) is 0.834. The summed E-state index contributed by atoms with van der Waals surface area (Å²) in [5.74, 6) is 2.22.